The van der Waals surface area contributed by atoms with Crippen molar-refractivity contribution in [1.82, 2.24) is 9.38 Å². The molecule has 3 aromatic rings. The molecule has 1 aliphatic heterocycles. The number of fused-ring (bicyclic) bond motifs is 2. The summed E-state index contributed by atoms with van der Waals surface area (Å²) < 4.78 is 13.1. The summed E-state index contributed by atoms with van der Waals surface area (Å²) in [5, 5.41) is 3.61. The molecule has 0 fully saturated rings. The Labute approximate surface area is 164 Å². The molecule has 1 N–H and O–H groups in total. The number of hydrogen-bond acceptors (Lipinski definition) is 5. The van der Waals surface area contributed by atoms with Crippen LogP contribution in [0.4, 0.5) is 5.69 Å². The van der Waals surface area contributed by atoms with Crippen molar-refractivity contribution in [2.24, 2.45) is 0 Å². The maximum atomic E-state index is 12.5. The molecule has 0 radical (unpaired) electrons. The van der Waals surface area contributed by atoms with Crippen LogP contribution in [0, 0.1) is 13.8 Å². The van der Waals surface area contributed by atoms with E-state index in [1.54, 1.807) is 6.20 Å². The second-order valence-corrected chi connectivity index (χ2v) is 7.53. The summed E-state index contributed by atoms with van der Waals surface area (Å²) in [7, 11) is 0. The average Bonchev–Trinajstić information content (AvgIpc) is 3.02. The first-order valence-corrected chi connectivity index (χ1v) is 9.61. The largest absolute Gasteiger partial charge is 0.493 e. The smallest absolute Gasteiger partial charge is 0.339 e. The Hall–Kier alpha value is -3.02. The fourth-order valence-electron chi connectivity index (χ4n) is 3.71. The Morgan fingerprint density at radius 3 is 2.93 bits per heavy atom. The van der Waals surface area contributed by atoms with Crippen LogP contribution in [-0.4, -0.2) is 28.1 Å². The van der Waals surface area contributed by atoms with E-state index in [-0.39, 0.29) is 18.1 Å². The highest BCUT2D eigenvalue weighted by Crippen LogP contribution is 2.37. The van der Waals surface area contributed by atoms with Crippen LogP contribution >= 0.6 is 0 Å². The quantitative estimate of drug-likeness (QED) is 0.679. The summed E-state index contributed by atoms with van der Waals surface area (Å²) in [6.07, 6.45) is 4.35. The number of aryl methyl sites for hydroxylation is 2. The maximum absolute atomic E-state index is 12.5. The van der Waals surface area contributed by atoms with Crippen molar-refractivity contribution in [3.05, 3.63) is 59.0 Å². The van der Waals surface area contributed by atoms with Gasteiger partial charge in [0.2, 0.25) is 0 Å². The standard InChI is InChI=1S/C22H25N3O3/c1-13(2)28-22(26)16-10-18(21-23-15(4)11-25(21)12-16)24-17-8-9-27-19-7-5-6-14(3)20(17)19/h5-7,10-13,17,24H,8-9H2,1-4H3/t17-/m0/s1. The van der Waals surface area contributed by atoms with E-state index >= 15 is 0 Å². The molecule has 0 bridgehead atoms. The van der Waals surface area contributed by atoms with Crippen molar-refractivity contribution in [1.29, 1.82) is 0 Å². The third kappa shape index (κ3) is 3.42. The molecule has 1 aromatic carbocycles. The van der Waals surface area contributed by atoms with E-state index in [1.165, 1.54) is 5.56 Å². The number of ether oxygens (including phenoxy) is 2. The third-order valence-electron chi connectivity index (χ3n) is 4.88. The summed E-state index contributed by atoms with van der Waals surface area (Å²) in [4.78, 5) is 17.1. The first kappa shape index (κ1) is 18.3. The van der Waals surface area contributed by atoms with Gasteiger partial charge in [-0.15, -0.1) is 0 Å². The van der Waals surface area contributed by atoms with E-state index in [0.29, 0.717) is 12.2 Å². The van der Waals surface area contributed by atoms with Gasteiger partial charge in [-0.1, -0.05) is 12.1 Å². The lowest BCUT2D eigenvalue weighted by molar-refractivity contribution is 0.0377. The van der Waals surface area contributed by atoms with Crippen LogP contribution in [0.1, 0.15) is 53.5 Å². The van der Waals surface area contributed by atoms with E-state index in [4.69, 9.17) is 9.47 Å². The number of hydrogen-bond donors (Lipinski definition) is 1. The van der Waals surface area contributed by atoms with Gasteiger partial charge in [-0.05, 0) is 45.4 Å². The van der Waals surface area contributed by atoms with Crippen LogP contribution in [0.2, 0.25) is 0 Å². The predicted octanol–water partition coefficient (Wildman–Crippen LogP) is 4.45. The number of pyridine rings is 1. The number of nitrogens with one attached hydrogen (secondary N) is 1. The monoisotopic (exact) mass is 379 g/mol. The lowest BCUT2D eigenvalue weighted by Crippen LogP contribution is -2.22. The Balaban J connectivity index is 1.76. The van der Waals surface area contributed by atoms with Crippen molar-refractivity contribution in [2.75, 3.05) is 11.9 Å². The Bertz CT molecular complexity index is 1040. The van der Waals surface area contributed by atoms with Gasteiger partial charge in [0.15, 0.2) is 5.65 Å². The first-order chi connectivity index (χ1) is 13.4. The van der Waals surface area contributed by atoms with E-state index < -0.39 is 0 Å². The molecular formula is C22H25N3O3. The molecule has 0 saturated heterocycles. The zero-order valence-corrected chi connectivity index (χ0v) is 16.7. The average molecular weight is 379 g/mol. The van der Waals surface area contributed by atoms with Crippen LogP contribution < -0.4 is 10.1 Å². The lowest BCUT2D eigenvalue weighted by Gasteiger charge is -2.29. The second kappa shape index (κ2) is 7.19. The van der Waals surface area contributed by atoms with Crippen LogP contribution in [-0.2, 0) is 4.74 Å². The van der Waals surface area contributed by atoms with Crippen LogP contribution in [0.5, 0.6) is 5.75 Å². The molecular weight excluding hydrogens is 354 g/mol. The number of anilines is 1. The number of aromatic nitrogens is 2. The summed E-state index contributed by atoms with van der Waals surface area (Å²) in [6.45, 7) is 8.37. The van der Waals surface area contributed by atoms with Crippen molar-refractivity contribution < 1.29 is 14.3 Å². The number of nitrogens with zero attached hydrogens (tertiary/aromatic N) is 2. The molecule has 4 rings (SSSR count). The van der Waals surface area contributed by atoms with E-state index in [1.807, 2.05) is 49.6 Å². The highest BCUT2D eigenvalue weighted by molar-refractivity contribution is 5.92. The van der Waals surface area contributed by atoms with Crippen LogP contribution in [0.25, 0.3) is 5.65 Å². The summed E-state index contributed by atoms with van der Waals surface area (Å²) in [6, 6.07) is 8.02. The Kier molecular flexibility index (Phi) is 4.71. The predicted molar refractivity (Wildman–Crippen MR) is 108 cm³/mol. The Morgan fingerprint density at radius 1 is 1.32 bits per heavy atom. The number of imidazole rings is 1. The normalized spacial score (nSPS) is 16.0. The minimum atomic E-state index is -0.338. The molecule has 1 atom stereocenters. The minimum absolute atomic E-state index is 0.0853. The number of carbonyl (C=O) groups is 1. The molecule has 146 valence electrons. The van der Waals surface area contributed by atoms with Gasteiger partial charge in [0.05, 0.1) is 35.7 Å². The molecule has 3 heterocycles. The molecule has 0 aliphatic carbocycles. The van der Waals surface area contributed by atoms with Gasteiger partial charge < -0.3 is 19.2 Å². The summed E-state index contributed by atoms with van der Waals surface area (Å²) in [5.41, 5.74) is 5.33. The molecule has 0 spiro atoms. The number of carbonyl (C=O) groups excluding carboxylic acids is 1. The van der Waals surface area contributed by atoms with Crippen LogP contribution in [0.15, 0.2) is 36.7 Å². The summed E-state index contributed by atoms with van der Waals surface area (Å²) in [5.74, 6) is 0.574. The molecule has 0 amide bonds. The van der Waals surface area contributed by atoms with Gasteiger partial charge in [0.1, 0.15) is 5.75 Å². The molecule has 28 heavy (non-hydrogen) atoms. The van der Waals surface area contributed by atoms with Crippen molar-refractivity contribution in [3.63, 3.8) is 0 Å². The Morgan fingerprint density at radius 2 is 2.14 bits per heavy atom. The van der Waals surface area contributed by atoms with Crippen molar-refractivity contribution in [3.8, 4) is 5.75 Å². The van der Waals surface area contributed by atoms with Crippen molar-refractivity contribution >= 4 is 17.3 Å². The highest BCUT2D eigenvalue weighted by atomic mass is 16.5. The maximum Gasteiger partial charge on any atom is 0.339 e. The fourth-order valence-corrected chi connectivity index (χ4v) is 3.71. The number of benzene rings is 1. The fraction of sp³-hybridized carbons (Fsp3) is 0.364. The highest BCUT2D eigenvalue weighted by Gasteiger charge is 2.25. The third-order valence-corrected chi connectivity index (χ3v) is 4.88. The molecule has 6 nitrogen and oxygen atoms in total. The van der Waals surface area contributed by atoms with Gasteiger partial charge >= 0.3 is 5.97 Å². The van der Waals surface area contributed by atoms with E-state index in [0.717, 1.165) is 34.8 Å². The van der Waals surface area contributed by atoms with Gasteiger partial charge in [0.25, 0.3) is 0 Å². The van der Waals surface area contributed by atoms with Gasteiger partial charge in [0, 0.05) is 24.4 Å². The molecule has 6 heteroatoms. The zero-order chi connectivity index (χ0) is 19.8. The molecule has 2 aromatic heterocycles. The van der Waals surface area contributed by atoms with E-state index in [9.17, 15) is 4.79 Å². The van der Waals surface area contributed by atoms with Gasteiger partial charge in [-0.2, -0.15) is 0 Å². The molecule has 1 aliphatic rings. The number of esters is 1. The minimum Gasteiger partial charge on any atom is -0.493 e. The topological polar surface area (TPSA) is 64.9 Å². The lowest BCUT2D eigenvalue weighted by atomic mass is 9.95. The van der Waals surface area contributed by atoms with Crippen molar-refractivity contribution in [2.45, 2.75) is 46.3 Å². The second-order valence-electron chi connectivity index (χ2n) is 7.53. The van der Waals surface area contributed by atoms with Crippen LogP contribution in [0.3, 0.4) is 0 Å². The zero-order valence-electron chi connectivity index (χ0n) is 16.7. The van der Waals surface area contributed by atoms with E-state index in [2.05, 4.69) is 23.3 Å². The molecule has 0 unspecified atom stereocenters. The number of rotatable bonds is 4. The first-order valence-electron chi connectivity index (χ1n) is 9.61. The van der Waals surface area contributed by atoms with Gasteiger partial charge in [-0.25, -0.2) is 9.78 Å². The molecule has 0 saturated carbocycles. The SMILES string of the molecule is Cc1cn2cc(C(=O)OC(C)C)cc(N[C@H]3CCOc4cccc(C)c43)c2n1. The summed E-state index contributed by atoms with van der Waals surface area (Å²) >= 11 is 0. The van der Waals surface area contributed by atoms with Gasteiger partial charge in [-0.3, -0.25) is 0 Å².